The van der Waals surface area contributed by atoms with Crippen LogP contribution in [0.1, 0.15) is 44.5 Å². The highest BCUT2D eigenvalue weighted by Gasteiger charge is 2.56. The van der Waals surface area contributed by atoms with Gasteiger partial charge in [0.2, 0.25) is 0 Å². The molecule has 78 heavy (non-hydrogen) atoms. The summed E-state index contributed by atoms with van der Waals surface area (Å²) in [5, 5.41) is 7.32. The molecule has 0 saturated heterocycles. The van der Waals surface area contributed by atoms with Crippen LogP contribution in [0.25, 0.3) is 71.3 Å². The molecule has 2 heteroatoms. The fraction of sp³-hybridized carbons (Fsp3) is 0.0263. The number of fused-ring (bicyclic) bond motifs is 10. The molecule has 0 bridgehead atoms. The molecule has 13 aromatic carbocycles. The first-order valence-corrected chi connectivity index (χ1v) is 27.2. The van der Waals surface area contributed by atoms with Gasteiger partial charge in [0.15, 0.2) is 0 Å². The van der Waals surface area contributed by atoms with Crippen molar-refractivity contribution in [2.24, 2.45) is 0 Å². The van der Waals surface area contributed by atoms with Crippen LogP contribution in [-0.4, -0.2) is 4.57 Å². The summed E-state index contributed by atoms with van der Waals surface area (Å²) in [6, 6.07) is 114. The number of rotatable bonds is 7. The summed E-state index contributed by atoms with van der Waals surface area (Å²) in [6.45, 7) is 0. The lowest BCUT2D eigenvalue weighted by Gasteiger charge is -2.53. The first-order chi connectivity index (χ1) is 38.7. The number of anilines is 3. The van der Waals surface area contributed by atoms with Gasteiger partial charge >= 0.3 is 0 Å². The van der Waals surface area contributed by atoms with Gasteiger partial charge in [0.25, 0.3) is 0 Å². The maximum absolute atomic E-state index is 2.68. The highest BCUT2D eigenvalue weighted by Crippen LogP contribution is 2.68. The summed E-state index contributed by atoms with van der Waals surface area (Å²) in [5.41, 5.74) is 19.8. The summed E-state index contributed by atoms with van der Waals surface area (Å²) in [4.78, 5) is 2.68. The van der Waals surface area contributed by atoms with Crippen LogP contribution in [0.3, 0.4) is 0 Å². The van der Waals surface area contributed by atoms with Crippen molar-refractivity contribution in [3.05, 3.63) is 348 Å². The maximum atomic E-state index is 2.68. The zero-order valence-electron chi connectivity index (χ0n) is 42.8. The van der Waals surface area contributed by atoms with Crippen molar-refractivity contribution in [1.29, 1.82) is 0 Å². The number of benzene rings is 13. The minimum absolute atomic E-state index is 0.817. The Hall–Kier alpha value is -10.0. The van der Waals surface area contributed by atoms with Gasteiger partial charge in [-0.15, -0.1) is 0 Å². The molecule has 0 saturated carbocycles. The Kier molecular flexibility index (Phi) is 9.80. The SMILES string of the molecule is c1ccc(-n2c3ccccc3c3cc4c5c(c32)C(c2ccccc2)(c2ccccc2)c2cc(-c3cccc6ccccc36)ccc2N5c2ccc(-c3cccc5ccccc35)cc2C4(c2ccccc2)c2ccccc2)cc1. The zero-order chi connectivity index (χ0) is 51.4. The quantitative estimate of drug-likeness (QED) is 0.154. The lowest BCUT2D eigenvalue weighted by atomic mass is 9.56. The van der Waals surface area contributed by atoms with Gasteiger partial charge in [0, 0.05) is 22.0 Å². The molecule has 0 spiro atoms. The van der Waals surface area contributed by atoms with Gasteiger partial charge in [-0.2, -0.15) is 0 Å². The van der Waals surface area contributed by atoms with E-state index in [0.29, 0.717) is 0 Å². The summed E-state index contributed by atoms with van der Waals surface area (Å²) < 4.78 is 2.57. The number of hydrogen-bond acceptors (Lipinski definition) is 1. The molecular formula is C76H50N2. The molecule has 0 unspecified atom stereocenters. The number of hydrogen-bond donors (Lipinski definition) is 0. The van der Waals surface area contributed by atoms with E-state index < -0.39 is 10.8 Å². The molecule has 0 radical (unpaired) electrons. The first-order valence-electron chi connectivity index (χ1n) is 27.2. The fourth-order valence-electron chi connectivity index (χ4n) is 14.1. The summed E-state index contributed by atoms with van der Waals surface area (Å²) in [7, 11) is 0. The van der Waals surface area contributed by atoms with Crippen LogP contribution in [0.5, 0.6) is 0 Å². The molecule has 3 heterocycles. The van der Waals surface area contributed by atoms with Crippen LogP contribution >= 0.6 is 0 Å². The molecule has 0 atom stereocenters. The zero-order valence-corrected chi connectivity index (χ0v) is 42.8. The summed E-state index contributed by atoms with van der Waals surface area (Å²) in [6.07, 6.45) is 0. The van der Waals surface area contributed by atoms with E-state index in [1.54, 1.807) is 0 Å². The third kappa shape index (κ3) is 6.14. The highest BCUT2D eigenvalue weighted by molar-refractivity contribution is 6.16. The molecule has 2 aliphatic heterocycles. The maximum Gasteiger partial charge on any atom is 0.0763 e. The molecule has 364 valence electrons. The molecule has 1 aromatic heterocycles. The smallest absolute Gasteiger partial charge is 0.0763 e. The van der Waals surface area contributed by atoms with Gasteiger partial charge < -0.3 is 9.47 Å². The van der Waals surface area contributed by atoms with E-state index in [2.05, 4.69) is 313 Å². The molecule has 0 aliphatic carbocycles. The van der Waals surface area contributed by atoms with E-state index in [4.69, 9.17) is 0 Å². The second-order valence-electron chi connectivity index (χ2n) is 21.0. The second-order valence-corrected chi connectivity index (χ2v) is 21.0. The van der Waals surface area contributed by atoms with Crippen LogP contribution in [0.4, 0.5) is 17.1 Å². The van der Waals surface area contributed by atoms with E-state index >= 15 is 0 Å². The minimum Gasteiger partial charge on any atom is -0.309 e. The number of nitrogens with zero attached hydrogens (tertiary/aromatic N) is 2. The highest BCUT2D eigenvalue weighted by atomic mass is 15.2. The monoisotopic (exact) mass is 990 g/mol. The third-order valence-electron chi connectivity index (χ3n) is 17.3. The van der Waals surface area contributed by atoms with E-state index in [0.717, 1.165) is 22.6 Å². The van der Waals surface area contributed by atoms with E-state index in [-0.39, 0.29) is 0 Å². The Bertz CT molecular complexity index is 4550. The topological polar surface area (TPSA) is 8.17 Å². The average Bonchev–Trinajstić information content (AvgIpc) is 3.28. The largest absolute Gasteiger partial charge is 0.309 e. The first kappa shape index (κ1) is 44.3. The lowest BCUT2D eigenvalue weighted by Crippen LogP contribution is -2.44. The average molecular weight is 991 g/mol. The van der Waals surface area contributed by atoms with Gasteiger partial charge in [-0.1, -0.05) is 255 Å². The normalized spacial score (nSPS) is 13.8. The predicted octanol–water partition coefficient (Wildman–Crippen LogP) is 19.3. The van der Waals surface area contributed by atoms with Crippen molar-refractivity contribution in [1.82, 2.24) is 4.57 Å². The van der Waals surface area contributed by atoms with Crippen molar-refractivity contribution in [2.45, 2.75) is 10.8 Å². The fourth-order valence-corrected chi connectivity index (χ4v) is 14.1. The second kappa shape index (κ2) is 17.3. The van der Waals surface area contributed by atoms with E-state index in [1.165, 1.54) is 110 Å². The van der Waals surface area contributed by atoms with Crippen molar-refractivity contribution in [3.63, 3.8) is 0 Å². The Morgan fingerprint density at radius 1 is 0.282 bits per heavy atom. The molecule has 0 fully saturated rings. The van der Waals surface area contributed by atoms with Gasteiger partial charge in [-0.05, 0) is 131 Å². The predicted molar refractivity (Wildman–Crippen MR) is 325 cm³/mol. The Morgan fingerprint density at radius 3 is 1.21 bits per heavy atom. The lowest BCUT2D eigenvalue weighted by molar-refractivity contribution is 0.694. The van der Waals surface area contributed by atoms with E-state index in [1.807, 2.05) is 0 Å². The molecule has 14 aromatic rings. The van der Waals surface area contributed by atoms with Crippen LogP contribution in [0.2, 0.25) is 0 Å². The van der Waals surface area contributed by atoms with Gasteiger partial charge in [0.05, 0.1) is 38.9 Å². The molecule has 2 aliphatic rings. The number of aromatic nitrogens is 1. The Balaban J connectivity index is 1.18. The number of para-hydroxylation sites is 2. The van der Waals surface area contributed by atoms with Crippen molar-refractivity contribution in [3.8, 4) is 27.9 Å². The Labute approximate surface area is 454 Å². The van der Waals surface area contributed by atoms with Crippen LogP contribution in [0.15, 0.2) is 303 Å². The Morgan fingerprint density at radius 2 is 0.692 bits per heavy atom. The van der Waals surface area contributed by atoms with Gasteiger partial charge in [0.1, 0.15) is 0 Å². The standard InChI is InChI=1S/C76H50N2/c1-6-28-55(29-7-1)75(56-30-8-2-9-31-56)66-48-53(62-41-22-26-51-24-16-18-38-60(51)62)44-46-70(66)78-71-47-45-54(63-42-23-27-52-25-17-19-39-61(52)63)49-67(71)76(57-32-10-3-11-33-57,58-34-12-4-13-35-58)72-73-65(50-68(75)74(72)78)64-40-20-21-43-69(64)77(73)59-36-14-5-15-37-59/h1-50H. The molecule has 0 amide bonds. The molecule has 2 nitrogen and oxygen atoms in total. The summed E-state index contributed by atoms with van der Waals surface area (Å²) >= 11 is 0. The van der Waals surface area contributed by atoms with Crippen molar-refractivity contribution >= 4 is 60.4 Å². The van der Waals surface area contributed by atoms with Crippen molar-refractivity contribution in [2.75, 3.05) is 4.90 Å². The molecular weight excluding hydrogens is 941 g/mol. The van der Waals surface area contributed by atoms with Crippen LogP contribution < -0.4 is 4.90 Å². The third-order valence-corrected chi connectivity index (χ3v) is 17.3. The molecule has 16 rings (SSSR count). The summed E-state index contributed by atoms with van der Waals surface area (Å²) in [5.74, 6) is 0. The van der Waals surface area contributed by atoms with Crippen LogP contribution in [-0.2, 0) is 10.8 Å². The van der Waals surface area contributed by atoms with Gasteiger partial charge in [-0.25, -0.2) is 0 Å². The molecule has 0 N–H and O–H groups in total. The van der Waals surface area contributed by atoms with Crippen molar-refractivity contribution < 1.29 is 0 Å². The minimum atomic E-state index is -0.876. The van der Waals surface area contributed by atoms with E-state index in [9.17, 15) is 0 Å². The van der Waals surface area contributed by atoms with Crippen LogP contribution in [0, 0.1) is 0 Å². The van der Waals surface area contributed by atoms with Gasteiger partial charge in [-0.3, -0.25) is 0 Å².